The molecule has 20 heavy (non-hydrogen) atoms. The van der Waals surface area contributed by atoms with Gasteiger partial charge in [-0.1, -0.05) is 29.8 Å². The van der Waals surface area contributed by atoms with Gasteiger partial charge in [-0.25, -0.2) is 0 Å². The Labute approximate surface area is 142 Å². The van der Waals surface area contributed by atoms with E-state index in [0.29, 0.717) is 6.54 Å². The fraction of sp³-hybridized carbons (Fsp3) is 0.400. The van der Waals surface area contributed by atoms with Gasteiger partial charge in [-0.3, -0.25) is 4.99 Å². The van der Waals surface area contributed by atoms with Crippen LogP contribution in [0.2, 0.25) is 5.02 Å². The zero-order valence-corrected chi connectivity index (χ0v) is 14.7. The maximum atomic E-state index is 5.94. The summed E-state index contributed by atoms with van der Waals surface area (Å²) in [5.74, 6) is 0.820. The molecule has 1 aromatic rings. The molecule has 0 radical (unpaired) electrons. The van der Waals surface area contributed by atoms with Crippen LogP contribution >= 0.6 is 35.6 Å². The number of benzene rings is 1. The Morgan fingerprint density at radius 1 is 1.35 bits per heavy atom. The Bertz CT molecular complexity index is 467. The summed E-state index contributed by atoms with van der Waals surface area (Å²) < 4.78 is 0. The first-order valence-electron chi connectivity index (χ1n) is 6.52. The molecule has 0 atom stereocenters. The number of aliphatic imine (C=N–C) groups is 1. The fourth-order valence-corrected chi connectivity index (χ4v) is 2.29. The van der Waals surface area contributed by atoms with Gasteiger partial charge >= 0.3 is 0 Å². The SMILES string of the molecule is C=CCNC(=NC)NCC1(c2ccc(Cl)cc2)CC1.I. The molecule has 1 aliphatic rings. The van der Waals surface area contributed by atoms with Crippen molar-refractivity contribution < 1.29 is 0 Å². The summed E-state index contributed by atoms with van der Waals surface area (Å²) in [5.41, 5.74) is 1.60. The van der Waals surface area contributed by atoms with Crippen molar-refractivity contribution in [3.05, 3.63) is 47.5 Å². The first-order chi connectivity index (χ1) is 9.20. The predicted octanol–water partition coefficient (Wildman–Crippen LogP) is 3.34. The lowest BCUT2D eigenvalue weighted by molar-refractivity contribution is 0.649. The lowest BCUT2D eigenvalue weighted by Gasteiger charge is -2.18. The number of nitrogens with one attached hydrogen (secondary N) is 2. The minimum Gasteiger partial charge on any atom is -0.356 e. The predicted molar refractivity (Wildman–Crippen MR) is 97.3 cm³/mol. The summed E-state index contributed by atoms with van der Waals surface area (Å²) in [7, 11) is 1.78. The molecule has 1 saturated carbocycles. The van der Waals surface area contributed by atoms with E-state index in [1.807, 2.05) is 18.2 Å². The summed E-state index contributed by atoms with van der Waals surface area (Å²) in [6.45, 7) is 5.30. The lowest BCUT2D eigenvalue weighted by atomic mass is 9.96. The van der Waals surface area contributed by atoms with E-state index in [0.717, 1.165) is 17.5 Å². The average Bonchev–Trinajstić information content (AvgIpc) is 3.21. The Hall–Kier alpha value is -0.750. The highest BCUT2D eigenvalue weighted by atomic mass is 127. The topological polar surface area (TPSA) is 36.4 Å². The van der Waals surface area contributed by atoms with Crippen LogP contribution in [0.5, 0.6) is 0 Å². The van der Waals surface area contributed by atoms with E-state index in [1.54, 1.807) is 7.05 Å². The number of hydrogen-bond donors (Lipinski definition) is 2. The molecular formula is C15H21ClIN3. The van der Waals surface area contributed by atoms with Gasteiger partial charge in [0, 0.05) is 30.6 Å². The van der Waals surface area contributed by atoms with Gasteiger partial charge in [-0.15, -0.1) is 30.6 Å². The summed E-state index contributed by atoms with van der Waals surface area (Å²) in [6, 6.07) is 8.16. The van der Waals surface area contributed by atoms with Gasteiger partial charge in [0.1, 0.15) is 0 Å². The normalized spacial score (nSPS) is 16.0. The first kappa shape index (κ1) is 17.3. The first-order valence-corrected chi connectivity index (χ1v) is 6.89. The molecule has 1 fully saturated rings. The van der Waals surface area contributed by atoms with Crippen LogP contribution in [0.1, 0.15) is 18.4 Å². The van der Waals surface area contributed by atoms with E-state index in [-0.39, 0.29) is 29.4 Å². The number of nitrogens with zero attached hydrogens (tertiary/aromatic N) is 1. The van der Waals surface area contributed by atoms with Crippen molar-refractivity contribution in [2.75, 3.05) is 20.1 Å². The third-order valence-corrected chi connectivity index (χ3v) is 3.79. The molecule has 0 spiro atoms. The summed E-state index contributed by atoms with van der Waals surface area (Å²) in [5, 5.41) is 7.35. The van der Waals surface area contributed by atoms with Crippen LogP contribution in [0.15, 0.2) is 41.9 Å². The highest BCUT2D eigenvalue weighted by molar-refractivity contribution is 14.0. The van der Waals surface area contributed by atoms with E-state index < -0.39 is 0 Å². The van der Waals surface area contributed by atoms with Gasteiger partial charge in [0.15, 0.2) is 5.96 Å². The standard InChI is InChI=1S/C15H20ClN3.HI/c1-3-10-18-14(17-2)19-11-15(8-9-15)12-4-6-13(16)7-5-12;/h3-7H,1,8-11H2,2H3,(H2,17,18,19);1H. The molecule has 1 aliphatic carbocycles. The zero-order valence-electron chi connectivity index (χ0n) is 11.7. The van der Waals surface area contributed by atoms with Gasteiger partial charge in [-0.05, 0) is 30.5 Å². The van der Waals surface area contributed by atoms with Crippen LogP contribution in [0, 0.1) is 0 Å². The minimum absolute atomic E-state index is 0. The van der Waals surface area contributed by atoms with Crippen LogP contribution in [0.25, 0.3) is 0 Å². The number of halogens is 2. The van der Waals surface area contributed by atoms with E-state index in [9.17, 15) is 0 Å². The maximum absolute atomic E-state index is 5.94. The van der Waals surface area contributed by atoms with Gasteiger partial charge < -0.3 is 10.6 Å². The molecular weight excluding hydrogens is 385 g/mol. The minimum atomic E-state index is 0. The molecule has 3 nitrogen and oxygen atoms in total. The van der Waals surface area contributed by atoms with Crippen molar-refractivity contribution in [3.8, 4) is 0 Å². The Morgan fingerprint density at radius 2 is 2.00 bits per heavy atom. The summed E-state index contributed by atoms with van der Waals surface area (Å²) in [6.07, 6.45) is 4.24. The Kier molecular flexibility index (Phi) is 6.82. The smallest absolute Gasteiger partial charge is 0.191 e. The highest BCUT2D eigenvalue weighted by Crippen LogP contribution is 2.47. The second kappa shape index (κ2) is 7.88. The third-order valence-electron chi connectivity index (χ3n) is 3.54. The molecule has 2 rings (SSSR count). The van der Waals surface area contributed by atoms with Crippen molar-refractivity contribution in [1.29, 1.82) is 0 Å². The summed E-state index contributed by atoms with van der Waals surface area (Å²) >= 11 is 5.94. The zero-order chi connectivity index (χ0) is 13.7. The van der Waals surface area contributed by atoms with E-state index in [2.05, 4.69) is 34.3 Å². The molecule has 0 saturated heterocycles. The number of guanidine groups is 1. The third kappa shape index (κ3) is 4.38. The van der Waals surface area contributed by atoms with Gasteiger partial charge in [-0.2, -0.15) is 0 Å². The maximum Gasteiger partial charge on any atom is 0.191 e. The molecule has 5 heteroatoms. The molecule has 0 bridgehead atoms. The second-order valence-corrected chi connectivity index (χ2v) is 5.32. The monoisotopic (exact) mass is 405 g/mol. The molecule has 0 aromatic heterocycles. The number of rotatable bonds is 5. The lowest BCUT2D eigenvalue weighted by Crippen LogP contribution is -2.41. The molecule has 0 aliphatic heterocycles. The van der Waals surface area contributed by atoms with Crippen molar-refractivity contribution >= 4 is 41.5 Å². The molecule has 0 unspecified atom stereocenters. The Balaban J connectivity index is 0.00000200. The molecule has 0 amide bonds. The largest absolute Gasteiger partial charge is 0.356 e. The van der Waals surface area contributed by atoms with E-state index in [4.69, 9.17) is 11.6 Å². The fourth-order valence-electron chi connectivity index (χ4n) is 2.16. The van der Waals surface area contributed by atoms with Gasteiger partial charge in [0.25, 0.3) is 0 Å². The molecule has 2 N–H and O–H groups in total. The molecule has 0 heterocycles. The quantitative estimate of drug-likeness (QED) is 0.341. The Morgan fingerprint density at radius 3 is 2.50 bits per heavy atom. The van der Waals surface area contributed by atoms with Crippen LogP contribution < -0.4 is 10.6 Å². The molecule has 1 aromatic carbocycles. The number of hydrogen-bond acceptors (Lipinski definition) is 1. The summed E-state index contributed by atoms with van der Waals surface area (Å²) in [4.78, 5) is 4.19. The van der Waals surface area contributed by atoms with Crippen molar-refractivity contribution in [3.63, 3.8) is 0 Å². The van der Waals surface area contributed by atoms with E-state index >= 15 is 0 Å². The van der Waals surface area contributed by atoms with Crippen LogP contribution in [0.3, 0.4) is 0 Å². The van der Waals surface area contributed by atoms with Gasteiger partial charge in [0.2, 0.25) is 0 Å². The average molecular weight is 406 g/mol. The highest BCUT2D eigenvalue weighted by Gasteiger charge is 2.44. The van der Waals surface area contributed by atoms with Gasteiger partial charge in [0.05, 0.1) is 0 Å². The van der Waals surface area contributed by atoms with Crippen molar-refractivity contribution in [2.45, 2.75) is 18.3 Å². The van der Waals surface area contributed by atoms with Crippen LogP contribution in [-0.2, 0) is 5.41 Å². The second-order valence-electron chi connectivity index (χ2n) is 4.88. The van der Waals surface area contributed by atoms with Crippen LogP contribution in [0.4, 0.5) is 0 Å². The van der Waals surface area contributed by atoms with E-state index in [1.165, 1.54) is 18.4 Å². The van der Waals surface area contributed by atoms with Crippen molar-refractivity contribution in [1.82, 2.24) is 10.6 Å². The van der Waals surface area contributed by atoms with Crippen molar-refractivity contribution in [2.24, 2.45) is 4.99 Å². The van der Waals surface area contributed by atoms with Crippen LogP contribution in [-0.4, -0.2) is 26.1 Å². The molecule has 110 valence electrons.